The van der Waals surface area contributed by atoms with Crippen LogP contribution in [0.2, 0.25) is 0 Å². The van der Waals surface area contributed by atoms with Crippen LogP contribution in [0.25, 0.3) is 0 Å². The molecule has 2 amide bonds. The topological polar surface area (TPSA) is 49.4 Å². The zero-order valence-corrected chi connectivity index (χ0v) is 12.4. The summed E-state index contributed by atoms with van der Waals surface area (Å²) in [5.41, 5.74) is 1.43. The summed E-state index contributed by atoms with van der Waals surface area (Å²) in [7, 11) is 1.59. The third kappa shape index (κ3) is 3.61. The van der Waals surface area contributed by atoms with E-state index in [2.05, 4.69) is 11.9 Å². The molecule has 4 heteroatoms. The van der Waals surface area contributed by atoms with E-state index in [1.807, 2.05) is 48.5 Å². The Morgan fingerprint density at radius 3 is 2.14 bits per heavy atom. The second-order valence-corrected chi connectivity index (χ2v) is 4.82. The van der Waals surface area contributed by atoms with Gasteiger partial charge in [0, 0.05) is 12.7 Å². The fraction of sp³-hybridized carbons (Fsp3) is 0.111. The van der Waals surface area contributed by atoms with Crippen molar-refractivity contribution >= 4 is 17.5 Å². The van der Waals surface area contributed by atoms with Gasteiger partial charge in [0.1, 0.15) is 6.04 Å². The van der Waals surface area contributed by atoms with E-state index in [1.54, 1.807) is 19.2 Å². The molecular formula is C18H18N2O2. The molecule has 0 aliphatic rings. The van der Waals surface area contributed by atoms with Crippen LogP contribution in [-0.2, 0) is 9.59 Å². The van der Waals surface area contributed by atoms with Gasteiger partial charge in [-0.3, -0.25) is 9.59 Å². The Morgan fingerprint density at radius 2 is 1.59 bits per heavy atom. The number of likely N-dealkylation sites (N-methyl/N-ethyl adjacent to an activating group) is 1. The number of nitrogens with one attached hydrogen (secondary N) is 1. The fourth-order valence-electron chi connectivity index (χ4n) is 2.19. The maximum absolute atomic E-state index is 12.6. The van der Waals surface area contributed by atoms with Gasteiger partial charge in [0.15, 0.2) is 0 Å². The Kier molecular flexibility index (Phi) is 5.09. The summed E-state index contributed by atoms with van der Waals surface area (Å²) in [6.45, 7) is 3.48. The molecule has 0 aromatic heterocycles. The molecule has 1 unspecified atom stereocenters. The van der Waals surface area contributed by atoms with Crippen LogP contribution in [-0.4, -0.2) is 23.8 Å². The second-order valence-electron chi connectivity index (χ2n) is 4.82. The predicted molar refractivity (Wildman–Crippen MR) is 87.2 cm³/mol. The van der Waals surface area contributed by atoms with Crippen molar-refractivity contribution in [2.75, 3.05) is 12.4 Å². The van der Waals surface area contributed by atoms with Gasteiger partial charge in [-0.05, 0) is 23.8 Å². The minimum atomic E-state index is -0.716. The Balaban J connectivity index is 2.30. The fourth-order valence-corrected chi connectivity index (χ4v) is 2.19. The van der Waals surface area contributed by atoms with Crippen molar-refractivity contribution in [1.29, 1.82) is 0 Å². The molecule has 0 saturated heterocycles. The summed E-state index contributed by atoms with van der Waals surface area (Å²) < 4.78 is 0. The molecular weight excluding hydrogens is 276 g/mol. The first kappa shape index (κ1) is 15.5. The van der Waals surface area contributed by atoms with Gasteiger partial charge in [0.2, 0.25) is 5.91 Å². The Labute approximate surface area is 130 Å². The number of hydrogen-bond donors (Lipinski definition) is 1. The van der Waals surface area contributed by atoms with Gasteiger partial charge in [0.05, 0.1) is 0 Å². The average Bonchev–Trinajstić information content (AvgIpc) is 2.56. The van der Waals surface area contributed by atoms with Crippen LogP contribution in [0, 0.1) is 0 Å². The summed E-state index contributed by atoms with van der Waals surface area (Å²) >= 11 is 0. The van der Waals surface area contributed by atoms with E-state index in [-0.39, 0.29) is 11.8 Å². The highest BCUT2D eigenvalue weighted by Crippen LogP contribution is 2.22. The molecule has 112 valence electrons. The van der Waals surface area contributed by atoms with Crippen molar-refractivity contribution in [3.63, 3.8) is 0 Å². The Hall–Kier alpha value is -2.88. The molecule has 2 aromatic carbocycles. The molecule has 0 spiro atoms. The zero-order valence-electron chi connectivity index (χ0n) is 12.4. The molecule has 0 radical (unpaired) electrons. The lowest BCUT2D eigenvalue weighted by molar-refractivity contribution is -0.133. The summed E-state index contributed by atoms with van der Waals surface area (Å²) in [4.78, 5) is 25.9. The van der Waals surface area contributed by atoms with Crippen LogP contribution in [0.4, 0.5) is 5.69 Å². The van der Waals surface area contributed by atoms with Crippen molar-refractivity contribution in [3.05, 3.63) is 78.9 Å². The zero-order chi connectivity index (χ0) is 15.9. The molecule has 0 aliphatic carbocycles. The molecule has 0 aliphatic heterocycles. The van der Waals surface area contributed by atoms with Crippen molar-refractivity contribution in [2.45, 2.75) is 6.04 Å². The quantitative estimate of drug-likeness (QED) is 0.862. The highest BCUT2D eigenvalue weighted by atomic mass is 16.2. The molecule has 0 fully saturated rings. The minimum Gasteiger partial charge on any atom is -0.326 e. The normalized spacial score (nSPS) is 11.3. The first-order valence-corrected chi connectivity index (χ1v) is 6.93. The Bertz CT molecular complexity index is 653. The van der Waals surface area contributed by atoms with Crippen LogP contribution < -0.4 is 5.32 Å². The number of rotatable bonds is 5. The molecule has 0 saturated carbocycles. The lowest BCUT2D eigenvalue weighted by Crippen LogP contribution is -2.37. The lowest BCUT2D eigenvalue weighted by atomic mass is 10.0. The number of carbonyl (C=O) groups is 2. The van der Waals surface area contributed by atoms with Gasteiger partial charge < -0.3 is 10.2 Å². The standard InChI is InChI=1S/C18H18N2O2/c1-3-16(21)20(2)17(14-10-6-4-7-11-14)18(22)19-15-12-8-5-9-13-15/h3-13,17H,1H2,2H3,(H,19,22). The van der Waals surface area contributed by atoms with Crippen molar-refractivity contribution in [3.8, 4) is 0 Å². The van der Waals surface area contributed by atoms with Crippen LogP contribution in [0.1, 0.15) is 11.6 Å². The monoisotopic (exact) mass is 294 g/mol. The van der Waals surface area contributed by atoms with Crippen molar-refractivity contribution < 1.29 is 9.59 Å². The van der Waals surface area contributed by atoms with E-state index in [4.69, 9.17) is 0 Å². The van der Waals surface area contributed by atoms with Crippen LogP contribution in [0.15, 0.2) is 73.3 Å². The van der Waals surface area contributed by atoms with Gasteiger partial charge in [0.25, 0.3) is 5.91 Å². The highest BCUT2D eigenvalue weighted by Gasteiger charge is 2.27. The van der Waals surface area contributed by atoms with Gasteiger partial charge in [-0.25, -0.2) is 0 Å². The molecule has 1 atom stereocenters. The molecule has 0 heterocycles. The molecule has 2 rings (SSSR count). The van der Waals surface area contributed by atoms with E-state index in [0.29, 0.717) is 5.69 Å². The first-order chi connectivity index (χ1) is 10.6. The molecule has 2 aromatic rings. The predicted octanol–water partition coefficient (Wildman–Crippen LogP) is 3.01. The number of hydrogen-bond acceptors (Lipinski definition) is 2. The van der Waals surface area contributed by atoms with E-state index >= 15 is 0 Å². The van der Waals surface area contributed by atoms with E-state index in [9.17, 15) is 9.59 Å². The summed E-state index contributed by atoms with van der Waals surface area (Å²) in [6, 6.07) is 17.6. The largest absolute Gasteiger partial charge is 0.326 e. The Morgan fingerprint density at radius 1 is 1.05 bits per heavy atom. The highest BCUT2D eigenvalue weighted by molar-refractivity contribution is 5.99. The molecule has 1 N–H and O–H groups in total. The van der Waals surface area contributed by atoms with Crippen molar-refractivity contribution in [1.82, 2.24) is 4.90 Å². The smallest absolute Gasteiger partial charge is 0.251 e. The van der Waals surface area contributed by atoms with Crippen LogP contribution in [0.5, 0.6) is 0 Å². The SMILES string of the molecule is C=CC(=O)N(C)C(C(=O)Nc1ccccc1)c1ccccc1. The first-order valence-electron chi connectivity index (χ1n) is 6.93. The molecule has 22 heavy (non-hydrogen) atoms. The van der Waals surface area contributed by atoms with Crippen LogP contribution in [0.3, 0.4) is 0 Å². The van der Waals surface area contributed by atoms with Gasteiger partial charge in [-0.15, -0.1) is 0 Å². The number of para-hydroxylation sites is 1. The van der Waals surface area contributed by atoms with Crippen LogP contribution >= 0.6 is 0 Å². The molecule has 0 bridgehead atoms. The average molecular weight is 294 g/mol. The number of carbonyl (C=O) groups excluding carboxylic acids is 2. The maximum Gasteiger partial charge on any atom is 0.251 e. The summed E-state index contributed by atoms with van der Waals surface area (Å²) in [6.07, 6.45) is 1.20. The van der Waals surface area contributed by atoms with Gasteiger partial charge >= 0.3 is 0 Å². The summed E-state index contributed by atoms with van der Waals surface area (Å²) in [5, 5.41) is 2.83. The number of amides is 2. The minimum absolute atomic E-state index is 0.268. The van der Waals surface area contributed by atoms with Gasteiger partial charge in [-0.1, -0.05) is 55.1 Å². The van der Waals surface area contributed by atoms with Gasteiger partial charge in [-0.2, -0.15) is 0 Å². The summed E-state index contributed by atoms with van der Waals surface area (Å²) in [5.74, 6) is -0.577. The van der Waals surface area contributed by atoms with E-state index in [1.165, 1.54) is 11.0 Å². The number of nitrogens with zero attached hydrogens (tertiary/aromatic N) is 1. The van der Waals surface area contributed by atoms with Crippen molar-refractivity contribution in [2.24, 2.45) is 0 Å². The third-order valence-electron chi connectivity index (χ3n) is 3.31. The lowest BCUT2D eigenvalue weighted by Gasteiger charge is -2.26. The number of benzene rings is 2. The molecule has 4 nitrogen and oxygen atoms in total. The third-order valence-corrected chi connectivity index (χ3v) is 3.31. The van der Waals surface area contributed by atoms with E-state index < -0.39 is 6.04 Å². The van der Waals surface area contributed by atoms with E-state index in [0.717, 1.165) is 5.56 Å². The second kappa shape index (κ2) is 7.22. The number of anilines is 1. The maximum atomic E-state index is 12.6.